The van der Waals surface area contributed by atoms with E-state index in [1.165, 1.54) is 12.1 Å². The maximum atomic E-state index is 15.1. The van der Waals surface area contributed by atoms with Gasteiger partial charge in [-0.1, -0.05) is 43.5 Å². The summed E-state index contributed by atoms with van der Waals surface area (Å²) >= 11 is 0. The molecular formula is C30H28F2O4. The molecule has 0 atom stereocenters. The number of hydrogen-bond donors (Lipinski definition) is 0. The van der Waals surface area contributed by atoms with Gasteiger partial charge in [0.15, 0.2) is 0 Å². The Hall–Kier alpha value is -4.06. The molecule has 0 saturated carbocycles. The molecule has 3 aromatic rings. The molecule has 36 heavy (non-hydrogen) atoms. The van der Waals surface area contributed by atoms with Crippen LogP contribution in [0.2, 0.25) is 0 Å². The highest BCUT2D eigenvalue weighted by Crippen LogP contribution is 2.32. The Bertz CT molecular complexity index is 1340. The molecule has 6 heteroatoms. The van der Waals surface area contributed by atoms with Gasteiger partial charge in [0.2, 0.25) is 0 Å². The number of carbonyl (C=O) groups is 2. The number of halogens is 2. The summed E-state index contributed by atoms with van der Waals surface area (Å²) in [5.74, 6) is -1.53. The van der Waals surface area contributed by atoms with E-state index in [1.54, 1.807) is 56.3 Å². The minimum Gasteiger partial charge on any atom is -0.462 e. The van der Waals surface area contributed by atoms with Crippen molar-refractivity contribution in [2.75, 3.05) is 6.61 Å². The lowest BCUT2D eigenvalue weighted by Gasteiger charge is -2.12. The van der Waals surface area contributed by atoms with E-state index in [1.807, 2.05) is 6.92 Å². The Kier molecular flexibility index (Phi) is 8.54. The first kappa shape index (κ1) is 26.5. The molecule has 186 valence electrons. The van der Waals surface area contributed by atoms with Crippen LogP contribution in [0.3, 0.4) is 0 Å². The van der Waals surface area contributed by atoms with Gasteiger partial charge in [0, 0.05) is 16.7 Å². The number of aryl methyl sites for hydroxylation is 2. The lowest BCUT2D eigenvalue weighted by Crippen LogP contribution is -2.08. The van der Waals surface area contributed by atoms with Crippen LogP contribution < -0.4 is 4.74 Å². The van der Waals surface area contributed by atoms with Gasteiger partial charge in [-0.25, -0.2) is 18.4 Å². The van der Waals surface area contributed by atoms with E-state index >= 15 is 4.39 Å². The molecule has 0 fully saturated rings. The SMILES string of the molecule is C=C(C)C(=O)OCCCc1ccc(-c2ccc(-c3ccc(OC(=O)C(=C)C)cc3C)cc2F)cc1F. The van der Waals surface area contributed by atoms with Crippen LogP contribution in [0, 0.1) is 18.6 Å². The number of ether oxygens (including phenoxy) is 2. The standard InChI is InChI=1S/C30H28F2O4/c1-18(2)29(33)35-14-6-7-21-8-9-23(16-27(21)31)26-12-10-22(17-28(26)32)25-13-11-24(15-20(25)5)36-30(34)19(3)4/h8-13,15-17H,1,3,6-7,14H2,2,4-5H3. The molecule has 0 heterocycles. The van der Waals surface area contributed by atoms with Gasteiger partial charge in [-0.2, -0.15) is 0 Å². The Morgan fingerprint density at radius 3 is 2.03 bits per heavy atom. The number of esters is 2. The fourth-order valence-electron chi connectivity index (χ4n) is 3.60. The predicted molar refractivity (Wildman–Crippen MR) is 137 cm³/mol. The van der Waals surface area contributed by atoms with Crippen molar-refractivity contribution in [1.82, 2.24) is 0 Å². The molecule has 4 nitrogen and oxygen atoms in total. The van der Waals surface area contributed by atoms with E-state index in [0.717, 1.165) is 11.1 Å². The second-order valence-electron chi connectivity index (χ2n) is 8.67. The molecule has 0 unspecified atom stereocenters. The first-order chi connectivity index (χ1) is 17.1. The van der Waals surface area contributed by atoms with Crippen molar-refractivity contribution in [1.29, 1.82) is 0 Å². The molecule has 0 radical (unpaired) electrons. The minimum atomic E-state index is -0.512. The van der Waals surface area contributed by atoms with Crippen LogP contribution >= 0.6 is 0 Å². The van der Waals surface area contributed by atoms with Crippen LogP contribution in [0.1, 0.15) is 31.4 Å². The van der Waals surface area contributed by atoms with Crippen molar-refractivity contribution in [3.63, 3.8) is 0 Å². The van der Waals surface area contributed by atoms with Crippen molar-refractivity contribution >= 4 is 11.9 Å². The fraction of sp³-hybridized carbons (Fsp3) is 0.200. The summed E-state index contributed by atoms with van der Waals surface area (Å²) in [6.07, 6.45) is 0.844. The van der Waals surface area contributed by atoms with Crippen molar-refractivity contribution in [2.24, 2.45) is 0 Å². The van der Waals surface area contributed by atoms with Gasteiger partial charge in [0.1, 0.15) is 17.4 Å². The average molecular weight is 491 g/mol. The van der Waals surface area contributed by atoms with Gasteiger partial charge in [0.05, 0.1) is 6.61 Å². The molecule has 3 aromatic carbocycles. The van der Waals surface area contributed by atoms with Crippen LogP contribution in [-0.4, -0.2) is 18.5 Å². The van der Waals surface area contributed by atoms with E-state index in [4.69, 9.17) is 9.47 Å². The first-order valence-corrected chi connectivity index (χ1v) is 11.5. The summed E-state index contributed by atoms with van der Waals surface area (Å²) in [5, 5.41) is 0. The highest BCUT2D eigenvalue weighted by Gasteiger charge is 2.13. The molecule has 0 aliphatic heterocycles. The zero-order valence-corrected chi connectivity index (χ0v) is 20.6. The molecule has 0 aliphatic carbocycles. The summed E-state index contributed by atoms with van der Waals surface area (Å²) in [6.45, 7) is 12.2. The molecule has 0 bridgehead atoms. The van der Waals surface area contributed by atoms with Crippen molar-refractivity contribution in [3.05, 3.63) is 102 Å². The van der Waals surface area contributed by atoms with Crippen LogP contribution in [0.5, 0.6) is 5.75 Å². The van der Waals surface area contributed by atoms with Crippen LogP contribution in [0.4, 0.5) is 8.78 Å². The molecule has 0 spiro atoms. The third-order valence-electron chi connectivity index (χ3n) is 5.57. The zero-order chi connectivity index (χ0) is 26.4. The minimum absolute atomic E-state index is 0.166. The maximum absolute atomic E-state index is 15.1. The molecule has 0 aromatic heterocycles. The summed E-state index contributed by atoms with van der Waals surface area (Å²) in [7, 11) is 0. The fourth-order valence-corrected chi connectivity index (χ4v) is 3.60. The third kappa shape index (κ3) is 6.54. The van der Waals surface area contributed by atoms with Crippen LogP contribution in [0.25, 0.3) is 22.3 Å². The number of hydrogen-bond acceptors (Lipinski definition) is 4. The largest absolute Gasteiger partial charge is 0.462 e. The highest BCUT2D eigenvalue weighted by atomic mass is 19.1. The number of carbonyl (C=O) groups excluding carboxylic acids is 2. The van der Waals surface area contributed by atoms with Crippen molar-refractivity contribution < 1.29 is 27.8 Å². The van der Waals surface area contributed by atoms with E-state index in [0.29, 0.717) is 46.4 Å². The number of rotatable bonds is 9. The summed E-state index contributed by atoms with van der Waals surface area (Å²) in [6, 6.07) is 14.5. The van der Waals surface area contributed by atoms with Gasteiger partial charge >= 0.3 is 11.9 Å². The van der Waals surface area contributed by atoms with E-state index in [9.17, 15) is 14.0 Å². The summed E-state index contributed by atoms with van der Waals surface area (Å²) < 4.78 is 40.0. The number of benzene rings is 3. The molecule has 0 N–H and O–H groups in total. The quantitative estimate of drug-likeness (QED) is 0.138. The lowest BCUT2D eigenvalue weighted by molar-refractivity contribution is -0.139. The molecule has 0 amide bonds. The molecule has 0 aliphatic rings. The second kappa shape index (κ2) is 11.6. The van der Waals surface area contributed by atoms with E-state index in [-0.39, 0.29) is 12.2 Å². The molecular weight excluding hydrogens is 462 g/mol. The third-order valence-corrected chi connectivity index (χ3v) is 5.57. The summed E-state index contributed by atoms with van der Waals surface area (Å²) in [4.78, 5) is 23.1. The molecule has 3 rings (SSSR count). The Labute approximate surface area is 209 Å². The summed E-state index contributed by atoms with van der Waals surface area (Å²) in [5.41, 5.74) is 4.01. The smallest absolute Gasteiger partial charge is 0.338 e. The monoisotopic (exact) mass is 490 g/mol. The topological polar surface area (TPSA) is 52.6 Å². The van der Waals surface area contributed by atoms with E-state index < -0.39 is 23.6 Å². The van der Waals surface area contributed by atoms with Crippen LogP contribution in [0.15, 0.2) is 78.9 Å². The lowest BCUT2D eigenvalue weighted by atomic mass is 9.96. The van der Waals surface area contributed by atoms with Crippen molar-refractivity contribution in [2.45, 2.75) is 33.6 Å². The Morgan fingerprint density at radius 2 is 1.42 bits per heavy atom. The normalized spacial score (nSPS) is 10.6. The maximum Gasteiger partial charge on any atom is 0.338 e. The predicted octanol–water partition coefficient (Wildman–Crippen LogP) is 7.14. The van der Waals surface area contributed by atoms with Gasteiger partial charge in [0.25, 0.3) is 0 Å². The van der Waals surface area contributed by atoms with Gasteiger partial charge < -0.3 is 9.47 Å². The Balaban J connectivity index is 1.73. The van der Waals surface area contributed by atoms with Crippen molar-refractivity contribution in [3.8, 4) is 28.0 Å². The van der Waals surface area contributed by atoms with E-state index in [2.05, 4.69) is 13.2 Å². The first-order valence-electron chi connectivity index (χ1n) is 11.5. The van der Waals surface area contributed by atoms with Gasteiger partial charge in [-0.3, -0.25) is 0 Å². The zero-order valence-electron chi connectivity index (χ0n) is 20.6. The average Bonchev–Trinajstić information content (AvgIpc) is 2.82. The highest BCUT2D eigenvalue weighted by molar-refractivity contribution is 5.89. The van der Waals surface area contributed by atoms with Gasteiger partial charge in [-0.15, -0.1) is 0 Å². The Morgan fingerprint density at radius 1 is 0.806 bits per heavy atom. The van der Waals surface area contributed by atoms with Gasteiger partial charge in [-0.05, 0) is 85.7 Å². The molecule has 0 saturated heterocycles. The van der Waals surface area contributed by atoms with Crippen LogP contribution in [-0.2, 0) is 20.7 Å². The second-order valence-corrected chi connectivity index (χ2v) is 8.67.